The molecular formula is C19H18Cl2FNO. The van der Waals surface area contributed by atoms with Gasteiger partial charge in [-0.25, -0.2) is 4.39 Å². The van der Waals surface area contributed by atoms with Crippen molar-refractivity contribution in [2.75, 3.05) is 0 Å². The van der Waals surface area contributed by atoms with Gasteiger partial charge in [-0.2, -0.15) is 0 Å². The monoisotopic (exact) mass is 365 g/mol. The second-order valence-corrected chi connectivity index (χ2v) is 5.82. The molecular weight excluding hydrogens is 348 g/mol. The fourth-order valence-corrected chi connectivity index (χ4v) is 2.60. The quantitative estimate of drug-likeness (QED) is 0.621. The number of furan rings is 1. The first-order valence-corrected chi connectivity index (χ1v) is 7.80. The van der Waals surface area contributed by atoms with Crippen molar-refractivity contribution in [2.45, 2.75) is 20.0 Å². The van der Waals surface area contributed by atoms with Crippen LogP contribution in [0.1, 0.15) is 16.9 Å². The molecule has 0 radical (unpaired) electrons. The number of benzene rings is 2. The minimum absolute atomic E-state index is 0. The molecule has 3 rings (SSSR count). The summed E-state index contributed by atoms with van der Waals surface area (Å²) in [5.74, 6) is 1.44. The van der Waals surface area contributed by atoms with Gasteiger partial charge in [0, 0.05) is 17.1 Å². The maximum Gasteiger partial charge on any atom is 0.134 e. The minimum atomic E-state index is -0.221. The number of nitrogens with one attached hydrogen (secondary N) is 1. The first-order chi connectivity index (χ1) is 11.1. The summed E-state index contributed by atoms with van der Waals surface area (Å²) in [5.41, 5.74) is 3.04. The first kappa shape index (κ1) is 18.5. The highest BCUT2D eigenvalue weighted by molar-refractivity contribution is 6.31. The van der Waals surface area contributed by atoms with Crippen LogP contribution in [0, 0.1) is 12.7 Å². The van der Waals surface area contributed by atoms with Crippen LogP contribution in [0.15, 0.2) is 59.0 Å². The molecule has 0 atom stereocenters. The molecule has 5 heteroatoms. The summed E-state index contributed by atoms with van der Waals surface area (Å²) in [4.78, 5) is 0. The lowest BCUT2D eigenvalue weighted by atomic mass is 10.1. The van der Waals surface area contributed by atoms with E-state index in [0.29, 0.717) is 13.1 Å². The summed E-state index contributed by atoms with van der Waals surface area (Å²) in [5, 5.41) is 4.02. The SMILES string of the molecule is Cc1c(Cl)cccc1-c1ccc(CNCc2ccc(F)cc2)o1.Cl. The average Bonchev–Trinajstić information content (AvgIpc) is 3.01. The van der Waals surface area contributed by atoms with Crippen LogP contribution in [0.4, 0.5) is 4.39 Å². The maximum absolute atomic E-state index is 12.9. The van der Waals surface area contributed by atoms with Crippen molar-refractivity contribution in [2.24, 2.45) is 0 Å². The molecule has 0 amide bonds. The third-order valence-corrected chi connectivity index (χ3v) is 4.15. The Labute approximate surface area is 152 Å². The summed E-state index contributed by atoms with van der Waals surface area (Å²) < 4.78 is 18.7. The predicted molar refractivity (Wildman–Crippen MR) is 98.1 cm³/mol. The predicted octanol–water partition coefficient (Wildman–Crippen LogP) is 5.76. The Kier molecular flexibility index (Phi) is 6.44. The summed E-state index contributed by atoms with van der Waals surface area (Å²) in [6.45, 7) is 3.25. The van der Waals surface area contributed by atoms with E-state index in [1.165, 1.54) is 12.1 Å². The second kappa shape index (κ2) is 8.34. The van der Waals surface area contributed by atoms with E-state index in [4.69, 9.17) is 16.0 Å². The van der Waals surface area contributed by atoms with Gasteiger partial charge in [0.2, 0.25) is 0 Å². The lowest BCUT2D eigenvalue weighted by Gasteiger charge is -2.05. The molecule has 0 fully saturated rings. The lowest BCUT2D eigenvalue weighted by molar-refractivity contribution is 0.493. The van der Waals surface area contributed by atoms with Gasteiger partial charge in [0.1, 0.15) is 17.3 Å². The molecule has 126 valence electrons. The van der Waals surface area contributed by atoms with E-state index < -0.39 is 0 Å². The van der Waals surface area contributed by atoms with Crippen LogP contribution in [0.2, 0.25) is 5.02 Å². The molecule has 0 aliphatic rings. The molecule has 1 aromatic heterocycles. The van der Waals surface area contributed by atoms with Crippen molar-refractivity contribution < 1.29 is 8.81 Å². The molecule has 2 nitrogen and oxygen atoms in total. The van der Waals surface area contributed by atoms with Crippen molar-refractivity contribution in [1.82, 2.24) is 5.32 Å². The second-order valence-electron chi connectivity index (χ2n) is 5.41. The highest BCUT2D eigenvalue weighted by atomic mass is 35.5. The van der Waals surface area contributed by atoms with Crippen molar-refractivity contribution in [3.05, 3.63) is 82.3 Å². The molecule has 2 aromatic carbocycles. The number of rotatable bonds is 5. The smallest absolute Gasteiger partial charge is 0.134 e. The fraction of sp³-hybridized carbons (Fsp3) is 0.158. The van der Waals surface area contributed by atoms with E-state index in [-0.39, 0.29) is 18.2 Å². The van der Waals surface area contributed by atoms with Gasteiger partial charge in [-0.05, 0) is 48.4 Å². The van der Waals surface area contributed by atoms with Gasteiger partial charge in [0.25, 0.3) is 0 Å². The standard InChI is InChI=1S/C19H17ClFNO.ClH/c1-13-17(3-2-4-18(13)20)19-10-9-16(23-19)12-22-11-14-5-7-15(21)8-6-14;/h2-10,22H,11-12H2,1H3;1H. The zero-order valence-corrected chi connectivity index (χ0v) is 14.8. The first-order valence-electron chi connectivity index (χ1n) is 7.43. The highest BCUT2D eigenvalue weighted by Crippen LogP contribution is 2.29. The van der Waals surface area contributed by atoms with E-state index in [2.05, 4.69) is 5.32 Å². The van der Waals surface area contributed by atoms with Crippen LogP contribution in [-0.4, -0.2) is 0 Å². The zero-order chi connectivity index (χ0) is 16.2. The van der Waals surface area contributed by atoms with Crippen molar-refractivity contribution in [1.29, 1.82) is 0 Å². The van der Waals surface area contributed by atoms with Gasteiger partial charge in [-0.15, -0.1) is 12.4 Å². The molecule has 0 bridgehead atoms. The Bertz CT molecular complexity index is 799. The van der Waals surface area contributed by atoms with Gasteiger partial charge in [-0.1, -0.05) is 35.9 Å². The maximum atomic E-state index is 12.9. The van der Waals surface area contributed by atoms with E-state index in [1.807, 2.05) is 37.3 Å². The Morgan fingerprint density at radius 2 is 1.75 bits per heavy atom. The largest absolute Gasteiger partial charge is 0.460 e. The minimum Gasteiger partial charge on any atom is -0.460 e. The number of halogens is 3. The van der Waals surface area contributed by atoms with E-state index in [1.54, 1.807) is 12.1 Å². The summed E-state index contributed by atoms with van der Waals surface area (Å²) >= 11 is 6.15. The van der Waals surface area contributed by atoms with Crippen molar-refractivity contribution >= 4 is 24.0 Å². The molecule has 1 N–H and O–H groups in total. The zero-order valence-electron chi connectivity index (χ0n) is 13.2. The molecule has 0 aliphatic carbocycles. The lowest BCUT2D eigenvalue weighted by Crippen LogP contribution is -2.11. The number of hydrogen-bond acceptors (Lipinski definition) is 2. The molecule has 0 aliphatic heterocycles. The molecule has 0 saturated carbocycles. The van der Waals surface area contributed by atoms with E-state index >= 15 is 0 Å². The summed E-state index contributed by atoms with van der Waals surface area (Å²) in [6.07, 6.45) is 0. The van der Waals surface area contributed by atoms with Gasteiger partial charge >= 0.3 is 0 Å². The third kappa shape index (κ3) is 4.38. The molecule has 24 heavy (non-hydrogen) atoms. The molecule has 3 aromatic rings. The summed E-state index contributed by atoms with van der Waals surface area (Å²) in [6, 6.07) is 16.1. The third-order valence-electron chi connectivity index (χ3n) is 3.74. The van der Waals surface area contributed by atoms with Gasteiger partial charge in [0.05, 0.1) is 6.54 Å². The normalized spacial score (nSPS) is 10.5. The Morgan fingerprint density at radius 1 is 1.00 bits per heavy atom. The van der Waals surface area contributed by atoms with Crippen molar-refractivity contribution in [3.63, 3.8) is 0 Å². The Hall–Kier alpha value is -1.81. The Balaban J connectivity index is 0.00000208. The van der Waals surface area contributed by atoms with Crippen LogP contribution < -0.4 is 5.32 Å². The molecule has 0 unspecified atom stereocenters. The van der Waals surface area contributed by atoms with Crippen LogP contribution in [0.5, 0.6) is 0 Å². The van der Waals surface area contributed by atoms with Crippen molar-refractivity contribution in [3.8, 4) is 11.3 Å². The molecule has 0 spiro atoms. The summed E-state index contributed by atoms with van der Waals surface area (Å²) in [7, 11) is 0. The number of hydrogen-bond donors (Lipinski definition) is 1. The molecule has 1 heterocycles. The van der Waals surface area contributed by atoms with E-state index in [0.717, 1.165) is 33.2 Å². The fourth-order valence-electron chi connectivity index (χ4n) is 2.42. The van der Waals surface area contributed by atoms with E-state index in [9.17, 15) is 4.39 Å². The van der Waals surface area contributed by atoms with Crippen LogP contribution >= 0.6 is 24.0 Å². The highest BCUT2D eigenvalue weighted by Gasteiger charge is 2.09. The van der Waals surface area contributed by atoms with Crippen LogP contribution in [-0.2, 0) is 13.1 Å². The van der Waals surface area contributed by atoms with Crippen LogP contribution in [0.3, 0.4) is 0 Å². The van der Waals surface area contributed by atoms with Gasteiger partial charge in [0.15, 0.2) is 0 Å². The van der Waals surface area contributed by atoms with Crippen LogP contribution in [0.25, 0.3) is 11.3 Å². The molecule has 0 saturated heterocycles. The van der Waals surface area contributed by atoms with Gasteiger partial charge < -0.3 is 9.73 Å². The van der Waals surface area contributed by atoms with Gasteiger partial charge in [-0.3, -0.25) is 0 Å². The Morgan fingerprint density at radius 3 is 2.50 bits per heavy atom. The topological polar surface area (TPSA) is 25.2 Å². The average molecular weight is 366 g/mol.